The van der Waals surface area contributed by atoms with Crippen LogP contribution in [0.15, 0.2) is 85.1 Å². The standard InChI is InChI=1S/C30H22Cl2N2O4/c31-21-7-5-19(6-8-21)26-13-18(4-10-25(26)30(37)38)17-34-27(16-23-3-1-2-12-33-23)28(35)15-20-14-22(32)9-11-24(20)29(34)36/h1-14,27H,15-17H2,(H,37,38)/t27-/m1/s1. The summed E-state index contributed by atoms with van der Waals surface area (Å²) in [5, 5.41) is 10.8. The smallest absolute Gasteiger partial charge is 0.336 e. The van der Waals surface area contributed by atoms with Crippen molar-refractivity contribution in [3.05, 3.63) is 123 Å². The number of carboxylic acids is 1. The maximum Gasteiger partial charge on any atom is 0.336 e. The number of pyridine rings is 1. The van der Waals surface area contributed by atoms with Crippen LogP contribution >= 0.6 is 23.2 Å². The summed E-state index contributed by atoms with van der Waals surface area (Å²) in [5.74, 6) is -1.48. The predicted octanol–water partition coefficient (Wildman–Crippen LogP) is 6.13. The number of carbonyl (C=O) groups is 3. The number of halogens is 2. The summed E-state index contributed by atoms with van der Waals surface area (Å²) in [4.78, 5) is 45.3. The lowest BCUT2D eigenvalue weighted by atomic mass is 9.96. The van der Waals surface area contributed by atoms with Gasteiger partial charge in [0.1, 0.15) is 0 Å². The molecule has 0 bridgehead atoms. The molecule has 5 rings (SSSR count). The molecule has 8 heteroatoms. The third-order valence-electron chi connectivity index (χ3n) is 6.62. The molecule has 1 aromatic heterocycles. The zero-order valence-electron chi connectivity index (χ0n) is 20.1. The lowest BCUT2D eigenvalue weighted by molar-refractivity contribution is -0.122. The van der Waals surface area contributed by atoms with Crippen molar-refractivity contribution in [2.45, 2.75) is 25.4 Å². The normalized spacial score (nSPS) is 15.2. The van der Waals surface area contributed by atoms with E-state index in [0.717, 1.165) is 0 Å². The lowest BCUT2D eigenvalue weighted by Gasteiger charge is -2.29. The molecular formula is C30H22Cl2N2O4. The van der Waals surface area contributed by atoms with E-state index in [2.05, 4.69) is 4.98 Å². The average molecular weight is 545 g/mol. The summed E-state index contributed by atoms with van der Waals surface area (Å²) in [5.41, 5.74) is 3.68. The number of carboxylic acid groups (broad SMARTS) is 1. The number of carbonyl (C=O) groups excluding carboxylic acids is 2. The monoisotopic (exact) mass is 544 g/mol. The van der Waals surface area contributed by atoms with Crippen LogP contribution in [0.4, 0.5) is 0 Å². The highest BCUT2D eigenvalue weighted by atomic mass is 35.5. The van der Waals surface area contributed by atoms with Gasteiger partial charge in [0.15, 0.2) is 5.78 Å². The lowest BCUT2D eigenvalue weighted by Crippen LogP contribution is -2.45. The third-order valence-corrected chi connectivity index (χ3v) is 7.11. The Morgan fingerprint density at radius 3 is 2.39 bits per heavy atom. The number of nitrogens with zero attached hydrogens (tertiary/aromatic N) is 2. The molecule has 4 aromatic rings. The van der Waals surface area contributed by atoms with Crippen LogP contribution < -0.4 is 0 Å². The van der Waals surface area contributed by atoms with E-state index in [0.29, 0.717) is 43.6 Å². The van der Waals surface area contributed by atoms with Gasteiger partial charge in [0.2, 0.25) is 0 Å². The van der Waals surface area contributed by atoms with Gasteiger partial charge in [0.25, 0.3) is 5.91 Å². The Balaban J connectivity index is 1.58. The fourth-order valence-electron chi connectivity index (χ4n) is 4.76. The van der Waals surface area contributed by atoms with Crippen LogP contribution in [0.25, 0.3) is 11.1 Å². The number of hydrogen-bond acceptors (Lipinski definition) is 4. The summed E-state index contributed by atoms with van der Waals surface area (Å²) < 4.78 is 0. The van der Waals surface area contributed by atoms with Gasteiger partial charge in [-0.3, -0.25) is 14.6 Å². The Kier molecular flexibility index (Phi) is 7.27. The number of rotatable bonds is 6. The van der Waals surface area contributed by atoms with Gasteiger partial charge in [-0.2, -0.15) is 0 Å². The quantitative estimate of drug-likeness (QED) is 0.315. The molecule has 1 N–H and O–H groups in total. The Hall–Kier alpha value is -4.00. The van der Waals surface area contributed by atoms with Crippen molar-refractivity contribution in [3.8, 4) is 11.1 Å². The van der Waals surface area contributed by atoms with E-state index in [1.54, 1.807) is 71.8 Å². The van der Waals surface area contributed by atoms with Crippen molar-refractivity contribution in [2.75, 3.05) is 0 Å². The molecule has 1 amide bonds. The molecule has 0 spiro atoms. The van der Waals surface area contributed by atoms with Crippen LogP contribution in [0.5, 0.6) is 0 Å². The number of ketones is 1. The van der Waals surface area contributed by atoms with Gasteiger partial charge < -0.3 is 10.0 Å². The number of hydrogen-bond donors (Lipinski definition) is 1. The summed E-state index contributed by atoms with van der Waals surface area (Å²) >= 11 is 12.2. The van der Waals surface area contributed by atoms with Crippen LogP contribution in [0.1, 0.15) is 37.5 Å². The molecule has 38 heavy (non-hydrogen) atoms. The minimum atomic E-state index is -1.07. The molecular weight excluding hydrogens is 523 g/mol. The van der Waals surface area contributed by atoms with E-state index in [1.807, 2.05) is 12.1 Å². The van der Waals surface area contributed by atoms with Gasteiger partial charge in [0, 0.05) is 46.9 Å². The minimum absolute atomic E-state index is 0.0730. The van der Waals surface area contributed by atoms with E-state index in [4.69, 9.17) is 23.2 Å². The van der Waals surface area contributed by atoms with Crippen molar-refractivity contribution in [1.82, 2.24) is 9.88 Å². The summed E-state index contributed by atoms with van der Waals surface area (Å²) in [6.07, 6.45) is 1.98. The van der Waals surface area contributed by atoms with Gasteiger partial charge in [-0.1, -0.05) is 47.5 Å². The molecule has 0 radical (unpaired) electrons. The molecule has 1 aliphatic heterocycles. The first-order chi connectivity index (χ1) is 18.3. The van der Waals surface area contributed by atoms with Crippen molar-refractivity contribution < 1.29 is 19.5 Å². The van der Waals surface area contributed by atoms with E-state index in [9.17, 15) is 19.5 Å². The van der Waals surface area contributed by atoms with Crippen molar-refractivity contribution in [3.63, 3.8) is 0 Å². The molecule has 0 saturated carbocycles. The largest absolute Gasteiger partial charge is 0.478 e. The second-order valence-electron chi connectivity index (χ2n) is 9.11. The second kappa shape index (κ2) is 10.8. The number of Topliss-reactive ketones (excluding diaryl/α,β-unsaturated/α-hetero) is 1. The van der Waals surface area contributed by atoms with Crippen LogP contribution in [0.3, 0.4) is 0 Å². The van der Waals surface area contributed by atoms with Crippen molar-refractivity contribution >= 4 is 40.9 Å². The molecule has 2 heterocycles. The molecule has 6 nitrogen and oxygen atoms in total. The summed E-state index contributed by atoms with van der Waals surface area (Å²) in [6, 6.07) is 21.5. The molecule has 1 atom stereocenters. The number of fused-ring (bicyclic) bond motifs is 1. The SMILES string of the molecule is O=C(O)c1ccc(CN2C(=O)c3ccc(Cl)cc3CC(=O)[C@H]2Cc2ccccn2)cc1-c1ccc(Cl)cc1. The molecule has 0 fully saturated rings. The van der Waals surface area contributed by atoms with Crippen LogP contribution in [0.2, 0.25) is 10.0 Å². The van der Waals surface area contributed by atoms with Crippen molar-refractivity contribution in [1.29, 1.82) is 0 Å². The zero-order valence-corrected chi connectivity index (χ0v) is 21.6. The molecule has 0 saturated heterocycles. The fraction of sp³-hybridized carbons (Fsp3) is 0.133. The second-order valence-corrected chi connectivity index (χ2v) is 9.98. The number of amides is 1. The number of aromatic nitrogens is 1. The molecule has 1 aliphatic rings. The van der Waals surface area contributed by atoms with Gasteiger partial charge in [-0.05, 0) is 76.9 Å². The topological polar surface area (TPSA) is 87.6 Å². The summed E-state index contributed by atoms with van der Waals surface area (Å²) in [6.45, 7) is 0.102. The first-order valence-corrected chi connectivity index (χ1v) is 12.7. The van der Waals surface area contributed by atoms with E-state index in [-0.39, 0.29) is 36.6 Å². The highest BCUT2D eigenvalue weighted by Gasteiger charge is 2.36. The Labute approximate surface area is 229 Å². The third kappa shape index (κ3) is 5.32. The molecule has 0 aliphatic carbocycles. The van der Waals surface area contributed by atoms with Gasteiger partial charge >= 0.3 is 5.97 Å². The number of aromatic carboxylic acids is 1. The van der Waals surface area contributed by atoms with Crippen LogP contribution in [-0.2, 0) is 24.2 Å². The maximum atomic E-state index is 13.9. The van der Waals surface area contributed by atoms with E-state index in [1.165, 1.54) is 6.07 Å². The predicted molar refractivity (Wildman–Crippen MR) is 146 cm³/mol. The summed E-state index contributed by atoms with van der Waals surface area (Å²) in [7, 11) is 0. The van der Waals surface area contributed by atoms with Crippen LogP contribution in [-0.4, -0.2) is 38.7 Å². The van der Waals surface area contributed by atoms with E-state index >= 15 is 0 Å². The Morgan fingerprint density at radius 2 is 1.68 bits per heavy atom. The molecule has 190 valence electrons. The highest BCUT2D eigenvalue weighted by Crippen LogP contribution is 2.30. The van der Waals surface area contributed by atoms with E-state index < -0.39 is 12.0 Å². The fourth-order valence-corrected chi connectivity index (χ4v) is 5.08. The molecule has 0 unspecified atom stereocenters. The zero-order chi connectivity index (χ0) is 26.8. The first-order valence-electron chi connectivity index (χ1n) is 11.9. The van der Waals surface area contributed by atoms with Crippen LogP contribution in [0, 0.1) is 0 Å². The molecule has 3 aromatic carbocycles. The first kappa shape index (κ1) is 25.6. The highest BCUT2D eigenvalue weighted by molar-refractivity contribution is 6.31. The maximum absolute atomic E-state index is 13.9. The van der Waals surface area contributed by atoms with Gasteiger partial charge in [-0.15, -0.1) is 0 Å². The van der Waals surface area contributed by atoms with Crippen molar-refractivity contribution in [2.24, 2.45) is 0 Å². The van der Waals surface area contributed by atoms with Gasteiger partial charge in [-0.25, -0.2) is 4.79 Å². The Bertz CT molecular complexity index is 1540. The average Bonchev–Trinajstić information content (AvgIpc) is 2.99. The number of benzene rings is 3. The minimum Gasteiger partial charge on any atom is -0.478 e. The van der Waals surface area contributed by atoms with Gasteiger partial charge in [0.05, 0.1) is 11.6 Å². The Morgan fingerprint density at radius 1 is 0.921 bits per heavy atom.